The van der Waals surface area contributed by atoms with Crippen molar-refractivity contribution in [2.45, 2.75) is 46.0 Å². The van der Waals surface area contributed by atoms with E-state index in [0.717, 1.165) is 12.8 Å². The highest BCUT2D eigenvalue weighted by Crippen LogP contribution is 2.19. The van der Waals surface area contributed by atoms with Gasteiger partial charge in [0.15, 0.2) is 0 Å². The van der Waals surface area contributed by atoms with Gasteiger partial charge in [0, 0.05) is 19.4 Å². The molecule has 1 atom stereocenters. The summed E-state index contributed by atoms with van der Waals surface area (Å²) < 4.78 is 0. The Labute approximate surface area is 103 Å². The molecule has 0 heterocycles. The largest absolute Gasteiger partial charge is 0.481 e. The van der Waals surface area contributed by atoms with E-state index in [1.165, 1.54) is 0 Å². The van der Waals surface area contributed by atoms with Crippen LogP contribution in [-0.4, -0.2) is 23.5 Å². The summed E-state index contributed by atoms with van der Waals surface area (Å²) in [5.74, 6) is 1.52. The number of unbranched alkanes of at least 4 members (excludes halogenated alkanes) is 2. The first-order valence-corrected chi connectivity index (χ1v) is 5.90. The fourth-order valence-electron chi connectivity index (χ4n) is 1.25. The van der Waals surface area contributed by atoms with Gasteiger partial charge >= 0.3 is 5.97 Å². The molecule has 0 radical (unpaired) electrons. The number of hydrogen-bond donors (Lipinski definition) is 2. The van der Waals surface area contributed by atoms with Crippen LogP contribution in [0.4, 0.5) is 0 Å². The molecule has 2 N–H and O–H groups in total. The quantitative estimate of drug-likeness (QED) is 0.501. The van der Waals surface area contributed by atoms with E-state index in [9.17, 15) is 9.59 Å². The normalized spacial score (nSPS) is 13.5. The van der Waals surface area contributed by atoms with Crippen LogP contribution in [0, 0.1) is 17.8 Å². The molecule has 0 saturated carbocycles. The number of carboxylic acids is 1. The number of terminal acetylenes is 1. The fraction of sp³-hybridized carbons (Fsp3) is 0.692. The molecule has 0 aliphatic rings. The summed E-state index contributed by atoms with van der Waals surface area (Å²) in [6.45, 7) is 3.61. The van der Waals surface area contributed by atoms with Crippen LogP contribution in [0.3, 0.4) is 0 Å². The second kappa shape index (κ2) is 7.72. The monoisotopic (exact) mass is 239 g/mol. The lowest BCUT2D eigenvalue weighted by Gasteiger charge is -2.23. The van der Waals surface area contributed by atoms with E-state index >= 15 is 0 Å². The molecule has 4 nitrogen and oxygen atoms in total. The molecule has 0 saturated heterocycles. The standard InChI is InChI=1S/C13H21NO3/c1-4-6-7-8-9-11(15)14-10-13(3,5-2)12(16)17/h1H,5-10H2,2-3H3,(H,14,15)(H,16,17). The van der Waals surface area contributed by atoms with Gasteiger partial charge in [0.2, 0.25) is 5.91 Å². The van der Waals surface area contributed by atoms with E-state index < -0.39 is 11.4 Å². The molecule has 0 spiro atoms. The van der Waals surface area contributed by atoms with E-state index in [-0.39, 0.29) is 12.5 Å². The third-order valence-corrected chi connectivity index (χ3v) is 2.95. The van der Waals surface area contributed by atoms with Gasteiger partial charge in [-0.2, -0.15) is 0 Å². The van der Waals surface area contributed by atoms with Gasteiger partial charge in [0.05, 0.1) is 5.41 Å². The SMILES string of the molecule is C#CCCCCC(=O)NCC(C)(CC)C(=O)O. The zero-order chi connectivity index (χ0) is 13.3. The van der Waals surface area contributed by atoms with E-state index in [2.05, 4.69) is 11.2 Å². The minimum absolute atomic E-state index is 0.108. The molecule has 0 aromatic rings. The van der Waals surface area contributed by atoms with Crippen molar-refractivity contribution in [1.82, 2.24) is 5.32 Å². The molecule has 0 rings (SSSR count). The third-order valence-electron chi connectivity index (χ3n) is 2.95. The molecule has 4 heteroatoms. The van der Waals surface area contributed by atoms with Gasteiger partial charge in [0.1, 0.15) is 0 Å². The average molecular weight is 239 g/mol. The Kier molecular flexibility index (Phi) is 7.04. The molecule has 0 bridgehead atoms. The van der Waals surface area contributed by atoms with Crippen molar-refractivity contribution in [2.24, 2.45) is 5.41 Å². The van der Waals surface area contributed by atoms with E-state index in [1.54, 1.807) is 13.8 Å². The summed E-state index contributed by atoms with van der Waals surface area (Å²) in [6, 6.07) is 0. The molecule has 0 fully saturated rings. The van der Waals surface area contributed by atoms with Crippen LogP contribution in [0.15, 0.2) is 0 Å². The Bertz CT molecular complexity index is 306. The highest BCUT2D eigenvalue weighted by atomic mass is 16.4. The zero-order valence-corrected chi connectivity index (χ0v) is 10.6. The maximum absolute atomic E-state index is 11.4. The zero-order valence-electron chi connectivity index (χ0n) is 10.6. The number of hydrogen-bond acceptors (Lipinski definition) is 2. The predicted octanol–water partition coefficient (Wildman–Crippen LogP) is 1.80. The van der Waals surface area contributed by atoms with Crippen molar-refractivity contribution in [3.8, 4) is 12.3 Å². The number of rotatable bonds is 8. The van der Waals surface area contributed by atoms with Crippen LogP contribution in [0.25, 0.3) is 0 Å². The van der Waals surface area contributed by atoms with Crippen molar-refractivity contribution < 1.29 is 14.7 Å². The fourth-order valence-corrected chi connectivity index (χ4v) is 1.25. The lowest BCUT2D eigenvalue weighted by atomic mass is 9.87. The highest BCUT2D eigenvalue weighted by Gasteiger charge is 2.31. The molecule has 0 aliphatic heterocycles. The number of carbonyl (C=O) groups excluding carboxylic acids is 1. The summed E-state index contributed by atoms with van der Waals surface area (Å²) in [6.07, 6.45) is 8.23. The van der Waals surface area contributed by atoms with Crippen LogP contribution >= 0.6 is 0 Å². The Balaban J connectivity index is 3.91. The predicted molar refractivity (Wildman–Crippen MR) is 66.3 cm³/mol. The van der Waals surface area contributed by atoms with E-state index in [0.29, 0.717) is 19.3 Å². The second-order valence-corrected chi connectivity index (χ2v) is 4.41. The molecule has 1 amide bonds. The van der Waals surface area contributed by atoms with Crippen molar-refractivity contribution in [3.63, 3.8) is 0 Å². The number of carbonyl (C=O) groups is 2. The van der Waals surface area contributed by atoms with E-state index in [1.807, 2.05) is 0 Å². The molecule has 0 aromatic heterocycles. The van der Waals surface area contributed by atoms with Crippen molar-refractivity contribution in [3.05, 3.63) is 0 Å². The Morgan fingerprint density at radius 3 is 2.53 bits per heavy atom. The molecule has 1 unspecified atom stereocenters. The van der Waals surface area contributed by atoms with Crippen LogP contribution in [0.2, 0.25) is 0 Å². The maximum atomic E-state index is 11.4. The van der Waals surface area contributed by atoms with Gasteiger partial charge in [-0.05, 0) is 26.2 Å². The van der Waals surface area contributed by atoms with Gasteiger partial charge in [-0.15, -0.1) is 12.3 Å². The van der Waals surface area contributed by atoms with Gasteiger partial charge in [-0.3, -0.25) is 9.59 Å². The first-order valence-electron chi connectivity index (χ1n) is 5.90. The molecular weight excluding hydrogens is 218 g/mol. The third kappa shape index (κ3) is 5.96. The summed E-state index contributed by atoms with van der Waals surface area (Å²) in [5, 5.41) is 11.7. The van der Waals surface area contributed by atoms with Crippen LogP contribution < -0.4 is 5.32 Å². The van der Waals surface area contributed by atoms with E-state index in [4.69, 9.17) is 11.5 Å². The van der Waals surface area contributed by atoms with Gasteiger partial charge in [-0.1, -0.05) is 6.92 Å². The lowest BCUT2D eigenvalue weighted by molar-refractivity contribution is -0.148. The molecular formula is C13H21NO3. The molecule has 17 heavy (non-hydrogen) atoms. The first kappa shape index (κ1) is 15.5. The first-order chi connectivity index (χ1) is 7.96. The summed E-state index contributed by atoms with van der Waals surface area (Å²) in [7, 11) is 0. The average Bonchev–Trinajstić information content (AvgIpc) is 2.31. The number of carboxylic acid groups (broad SMARTS) is 1. The number of amides is 1. The highest BCUT2D eigenvalue weighted by molar-refractivity contribution is 5.78. The molecule has 96 valence electrons. The van der Waals surface area contributed by atoms with Gasteiger partial charge in [-0.25, -0.2) is 0 Å². The summed E-state index contributed by atoms with van der Waals surface area (Å²) in [4.78, 5) is 22.4. The van der Waals surface area contributed by atoms with Crippen molar-refractivity contribution in [2.75, 3.05) is 6.54 Å². The minimum atomic E-state index is -0.882. The van der Waals surface area contributed by atoms with Gasteiger partial charge in [0.25, 0.3) is 0 Å². The Morgan fingerprint density at radius 2 is 2.06 bits per heavy atom. The van der Waals surface area contributed by atoms with Gasteiger partial charge < -0.3 is 10.4 Å². The Hall–Kier alpha value is -1.50. The van der Waals surface area contributed by atoms with Crippen LogP contribution in [0.5, 0.6) is 0 Å². The van der Waals surface area contributed by atoms with Crippen molar-refractivity contribution >= 4 is 11.9 Å². The number of nitrogens with one attached hydrogen (secondary N) is 1. The summed E-state index contributed by atoms with van der Waals surface area (Å²) >= 11 is 0. The summed E-state index contributed by atoms with van der Waals surface area (Å²) in [5.41, 5.74) is -0.880. The maximum Gasteiger partial charge on any atom is 0.311 e. The minimum Gasteiger partial charge on any atom is -0.481 e. The van der Waals surface area contributed by atoms with Crippen LogP contribution in [0.1, 0.15) is 46.0 Å². The molecule has 0 aliphatic carbocycles. The van der Waals surface area contributed by atoms with Crippen LogP contribution in [-0.2, 0) is 9.59 Å². The number of aliphatic carboxylic acids is 1. The lowest BCUT2D eigenvalue weighted by Crippen LogP contribution is -2.40. The second-order valence-electron chi connectivity index (χ2n) is 4.41. The topological polar surface area (TPSA) is 66.4 Å². The van der Waals surface area contributed by atoms with Crippen molar-refractivity contribution in [1.29, 1.82) is 0 Å². The smallest absolute Gasteiger partial charge is 0.311 e. The Morgan fingerprint density at radius 1 is 1.41 bits per heavy atom. The molecule has 0 aromatic carbocycles.